The Labute approximate surface area is 123 Å². The monoisotopic (exact) mass is 282 g/mol. The zero-order valence-electron chi connectivity index (χ0n) is 12.6. The highest BCUT2D eigenvalue weighted by atomic mass is 16.5. The third-order valence-electron chi connectivity index (χ3n) is 4.50. The fourth-order valence-corrected chi connectivity index (χ4v) is 3.43. The van der Waals surface area contributed by atoms with Crippen LogP contribution in [0.25, 0.3) is 17.0 Å². The van der Waals surface area contributed by atoms with E-state index in [1.54, 1.807) is 0 Å². The van der Waals surface area contributed by atoms with E-state index in [0.29, 0.717) is 5.58 Å². The summed E-state index contributed by atoms with van der Waals surface area (Å²) in [5.41, 5.74) is 4.21. The second kappa shape index (κ2) is 4.00. The number of aryl methyl sites for hydroxylation is 2. The quantitative estimate of drug-likeness (QED) is 0.690. The molecule has 0 atom stereocenters. The van der Waals surface area contributed by atoms with E-state index in [1.165, 1.54) is 5.56 Å². The van der Waals surface area contributed by atoms with Crippen LogP contribution < -0.4 is 10.4 Å². The predicted molar refractivity (Wildman–Crippen MR) is 83.0 cm³/mol. The molecule has 1 aliphatic carbocycles. The molecule has 3 nitrogen and oxygen atoms in total. The highest BCUT2D eigenvalue weighted by Crippen LogP contribution is 2.40. The number of rotatable bonds is 0. The molecule has 0 bridgehead atoms. The van der Waals surface area contributed by atoms with Crippen LogP contribution >= 0.6 is 0 Å². The largest absolute Gasteiger partial charge is 0.483 e. The first kappa shape index (κ1) is 12.7. The van der Waals surface area contributed by atoms with Crippen LogP contribution in [0, 0.1) is 6.92 Å². The summed E-state index contributed by atoms with van der Waals surface area (Å²) in [5.74, 6) is 0.830. The summed E-state index contributed by atoms with van der Waals surface area (Å²) in [4.78, 5) is 12.2. The standard InChI is InChI=1S/C18H18O3/c1-10-15-11(7-8-18(2,3)21-15)9-14-12-5-4-6-13(12)17(19)20-16(10)14/h7-9H,4-6H2,1-3H3. The van der Waals surface area contributed by atoms with Crippen molar-refractivity contribution in [2.24, 2.45) is 0 Å². The van der Waals surface area contributed by atoms with Crippen LogP contribution in [0.15, 0.2) is 21.4 Å². The number of hydrogen-bond acceptors (Lipinski definition) is 3. The molecule has 0 radical (unpaired) electrons. The van der Waals surface area contributed by atoms with Gasteiger partial charge in [0.1, 0.15) is 16.9 Å². The number of hydrogen-bond donors (Lipinski definition) is 0. The van der Waals surface area contributed by atoms with E-state index in [2.05, 4.69) is 18.2 Å². The van der Waals surface area contributed by atoms with Crippen molar-refractivity contribution >= 4 is 17.0 Å². The molecular weight excluding hydrogens is 264 g/mol. The van der Waals surface area contributed by atoms with Crippen LogP contribution in [0.1, 0.15) is 42.5 Å². The number of benzene rings is 1. The lowest BCUT2D eigenvalue weighted by Crippen LogP contribution is -2.28. The third kappa shape index (κ3) is 1.76. The van der Waals surface area contributed by atoms with Crippen LogP contribution in [0.2, 0.25) is 0 Å². The smallest absolute Gasteiger partial charge is 0.339 e. The van der Waals surface area contributed by atoms with Gasteiger partial charge in [0.25, 0.3) is 0 Å². The minimum absolute atomic E-state index is 0.177. The molecule has 3 heteroatoms. The Hall–Kier alpha value is -2.03. The van der Waals surface area contributed by atoms with E-state index in [1.807, 2.05) is 20.8 Å². The van der Waals surface area contributed by atoms with Gasteiger partial charge in [-0.3, -0.25) is 0 Å². The van der Waals surface area contributed by atoms with Gasteiger partial charge in [0.15, 0.2) is 0 Å². The molecule has 0 saturated heterocycles. The van der Waals surface area contributed by atoms with Gasteiger partial charge in [-0.2, -0.15) is 0 Å². The fourth-order valence-electron chi connectivity index (χ4n) is 3.43. The first-order valence-corrected chi connectivity index (χ1v) is 7.47. The van der Waals surface area contributed by atoms with Crippen molar-refractivity contribution in [2.45, 2.75) is 45.6 Å². The summed E-state index contributed by atoms with van der Waals surface area (Å²) in [5, 5.41) is 1.08. The fraction of sp³-hybridized carbons (Fsp3) is 0.389. The van der Waals surface area contributed by atoms with Gasteiger partial charge in [-0.25, -0.2) is 4.79 Å². The molecule has 1 aromatic heterocycles. The average molecular weight is 282 g/mol. The van der Waals surface area contributed by atoms with Crippen molar-refractivity contribution in [1.29, 1.82) is 0 Å². The molecule has 0 amide bonds. The molecule has 2 aliphatic rings. The molecule has 2 heterocycles. The van der Waals surface area contributed by atoms with Crippen LogP contribution in [0.3, 0.4) is 0 Å². The first-order chi connectivity index (χ1) is 9.96. The van der Waals surface area contributed by atoms with Gasteiger partial charge in [0, 0.05) is 22.1 Å². The van der Waals surface area contributed by atoms with Crippen LogP contribution in [0.5, 0.6) is 5.75 Å². The Kier molecular flexibility index (Phi) is 2.42. The van der Waals surface area contributed by atoms with Crippen molar-refractivity contribution in [2.75, 3.05) is 0 Å². The Morgan fingerprint density at radius 3 is 2.76 bits per heavy atom. The van der Waals surface area contributed by atoms with E-state index in [9.17, 15) is 4.79 Å². The Balaban J connectivity index is 2.10. The summed E-state index contributed by atoms with van der Waals surface area (Å²) in [6, 6.07) is 2.11. The zero-order valence-corrected chi connectivity index (χ0v) is 12.6. The molecule has 0 fully saturated rings. The minimum Gasteiger partial charge on any atom is -0.483 e. The summed E-state index contributed by atoms with van der Waals surface area (Å²) < 4.78 is 11.7. The molecule has 0 saturated carbocycles. The second-order valence-electron chi connectivity index (χ2n) is 6.54. The first-order valence-electron chi connectivity index (χ1n) is 7.47. The molecule has 2 aromatic rings. The number of fused-ring (bicyclic) bond motifs is 4. The molecule has 0 unspecified atom stereocenters. The van der Waals surface area contributed by atoms with E-state index in [4.69, 9.17) is 9.15 Å². The second-order valence-corrected chi connectivity index (χ2v) is 6.54. The average Bonchev–Trinajstić information content (AvgIpc) is 2.91. The van der Waals surface area contributed by atoms with Crippen molar-refractivity contribution in [3.8, 4) is 5.75 Å². The molecule has 0 spiro atoms. The maximum absolute atomic E-state index is 12.2. The van der Waals surface area contributed by atoms with Gasteiger partial charge < -0.3 is 9.15 Å². The van der Waals surface area contributed by atoms with Crippen molar-refractivity contribution in [3.63, 3.8) is 0 Å². The van der Waals surface area contributed by atoms with Gasteiger partial charge in [0.05, 0.1) is 0 Å². The summed E-state index contributed by atoms with van der Waals surface area (Å²) >= 11 is 0. The Morgan fingerprint density at radius 2 is 1.95 bits per heavy atom. The van der Waals surface area contributed by atoms with Crippen LogP contribution in [0.4, 0.5) is 0 Å². The number of ether oxygens (including phenoxy) is 1. The van der Waals surface area contributed by atoms with E-state index in [0.717, 1.165) is 47.1 Å². The van der Waals surface area contributed by atoms with Crippen LogP contribution in [-0.2, 0) is 12.8 Å². The topological polar surface area (TPSA) is 39.4 Å². The highest BCUT2D eigenvalue weighted by molar-refractivity contribution is 5.90. The van der Waals surface area contributed by atoms with Gasteiger partial charge in [-0.15, -0.1) is 0 Å². The van der Waals surface area contributed by atoms with Gasteiger partial charge in [-0.1, -0.05) is 6.08 Å². The molecular formula is C18H18O3. The molecule has 1 aliphatic heterocycles. The maximum atomic E-state index is 12.2. The molecule has 4 rings (SSSR count). The van der Waals surface area contributed by atoms with Gasteiger partial charge in [0.2, 0.25) is 0 Å². The van der Waals surface area contributed by atoms with Gasteiger partial charge >= 0.3 is 5.63 Å². The molecule has 21 heavy (non-hydrogen) atoms. The Bertz CT molecular complexity index is 853. The summed E-state index contributed by atoms with van der Waals surface area (Å²) in [6.45, 7) is 6.02. The zero-order chi connectivity index (χ0) is 14.8. The Morgan fingerprint density at radius 1 is 1.19 bits per heavy atom. The van der Waals surface area contributed by atoms with Crippen molar-refractivity contribution < 1.29 is 9.15 Å². The predicted octanol–water partition coefficient (Wildman–Crippen LogP) is 3.77. The molecule has 1 aromatic carbocycles. The summed E-state index contributed by atoms with van der Waals surface area (Å²) in [6.07, 6.45) is 7.02. The molecule has 0 N–H and O–H groups in total. The SMILES string of the molecule is Cc1c2c(cc3c4c(c(=O)oc13)CCC4)C=CC(C)(C)O2. The van der Waals surface area contributed by atoms with Crippen molar-refractivity contribution in [3.05, 3.63) is 44.8 Å². The van der Waals surface area contributed by atoms with Crippen LogP contribution in [-0.4, -0.2) is 5.60 Å². The highest BCUT2D eigenvalue weighted by Gasteiger charge is 2.27. The lowest BCUT2D eigenvalue weighted by atomic mass is 9.96. The molecule has 108 valence electrons. The minimum atomic E-state index is -0.331. The van der Waals surface area contributed by atoms with E-state index >= 15 is 0 Å². The lowest BCUT2D eigenvalue weighted by molar-refractivity contribution is 0.158. The normalized spacial score (nSPS) is 18.4. The summed E-state index contributed by atoms with van der Waals surface area (Å²) in [7, 11) is 0. The van der Waals surface area contributed by atoms with Gasteiger partial charge in [-0.05, 0) is 57.7 Å². The lowest BCUT2D eigenvalue weighted by Gasteiger charge is -2.29. The maximum Gasteiger partial charge on any atom is 0.339 e. The van der Waals surface area contributed by atoms with Crippen molar-refractivity contribution in [1.82, 2.24) is 0 Å². The third-order valence-corrected chi connectivity index (χ3v) is 4.50. The van der Waals surface area contributed by atoms with E-state index < -0.39 is 0 Å². The van der Waals surface area contributed by atoms with E-state index in [-0.39, 0.29) is 11.2 Å².